The Hall–Kier alpha value is -2.71. The predicted octanol–water partition coefficient (Wildman–Crippen LogP) is 3.63. The maximum atomic E-state index is 12.8. The molecule has 1 unspecified atom stereocenters. The molecule has 2 rings (SSSR count). The first kappa shape index (κ1) is 25.5. The number of anilines is 1. The predicted molar refractivity (Wildman–Crippen MR) is 127 cm³/mol. The molecule has 32 heavy (non-hydrogen) atoms. The number of carbonyl (C=O) groups is 2. The molecule has 0 aromatic heterocycles. The second-order valence-electron chi connectivity index (χ2n) is 9.32. The van der Waals surface area contributed by atoms with Crippen molar-refractivity contribution in [1.29, 1.82) is 0 Å². The summed E-state index contributed by atoms with van der Waals surface area (Å²) in [5.74, 6) is -0.851. The van der Waals surface area contributed by atoms with Crippen LogP contribution >= 0.6 is 0 Å². The molecule has 2 aromatic rings. The molecule has 0 saturated heterocycles. The minimum absolute atomic E-state index is 0.0171. The van der Waals surface area contributed by atoms with Gasteiger partial charge in [-0.1, -0.05) is 46.8 Å². The van der Waals surface area contributed by atoms with Crippen molar-refractivity contribution in [3.05, 3.63) is 59.7 Å². The Bertz CT molecular complexity index is 1050. The van der Waals surface area contributed by atoms with E-state index in [2.05, 4.69) is 31.4 Å². The summed E-state index contributed by atoms with van der Waals surface area (Å²) in [5.41, 5.74) is 2.03. The van der Waals surface area contributed by atoms with Crippen LogP contribution in [0.2, 0.25) is 0 Å². The molecular formula is C24H33N3O4S. The molecule has 0 fully saturated rings. The monoisotopic (exact) mass is 459 g/mol. The van der Waals surface area contributed by atoms with E-state index in [4.69, 9.17) is 0 Å². The number of carbonyl (C=O) groups excluding carboxylic acids is 2. The van der Waals surface area contributed by atoms with Crippen LogP contribution in [0.15, 0.2) is 53.4 Å². The van der Waals surface area contributed by atoms with Gasteiger partial charge >= 0.3 is 0 Å². The molecule has 2 amide bonds. The van der Waals surface area contributed by atoms with Crippen LogP contribution in [0, 0.1) is 5.92 Å². The highest BCUT2D eigenvalue weighted by Gasteiger charge is 2.25. The van der Waals surface area contributed by atoms with Crippen molar-refractivity contribution in [2.45, 2.75) is 51.0 Å². The van der Waals surface area contributed by atoms with E-state index in [1.165, 1.54) is 38.4 Å². The summed E-state index contributed by atoms with van der Waals surface area (Å²) in [6.45, 7) is 10.00. The fourth-order valence-electron chi connectivity index (χ4n) is 3.02. The van der Waals surface area contributed by atoms with E-state index in [0.29, 0.717) is 11.3 Å². The lowest BCUT2D eigenvalue weighted by Crippen LogP contribution is -2.47. The molecule has 0 spiro atoms. The average molecular weight is 460 g/mol. The number of hydrogen-bond donors (Lipinski definition) is 2. The van der Waals surface area contributed by atoms with E-state index in [-0.39, 0.29) is 28.0 Å². The molecule has 7 nitrogen and oxygen atoms in total. The SMILES string of the molecule is CC(C)C(NC(=O)c1ccc(C(C)(C)C)cc1)C(=O)Nc1ccc(S(=O)(=O)N(C)C)cc1. The number of benzene rings is 2. The van der Waals surface area contributed by atoms with Crippen molar-refractivity contribution in [3.8, 4) is 0 Å². The summed E-state index contributed by atoms with van der Waals surface area (Å²) in [4.78, 5) is 25.7. The van der Waals surface area contributed by atoms with E-state index in [0.717, 1.165) is 9.87 Å². The Morgan fingerprint density at radius 3 is 1.88 bits per heavy atom. The normalized spacial score (nSPS) is 13.2. The van der Waals surface area contributed by atoms with Gasteiger partial charge in [0.2, 0.25) is 15.9 Å². The molecule has 0 heterocycles. The Morgan fingerprint density at radius 1 is 0.906 bits per heavy atom. The third-order valence-corrected chi connectivity index (χ3v) is 6.98. The number of nitrogens with one attached hydrogen (secondary N) is 2. The van der Waals surface area contributed by atoms with Crippen molar-refractivity contribution >= 4 is 27.5 Å². The maximum Gasteiger partial charge on any atom is 0.251 e. The number of sulfonamides is 1. The fourth-order valence-corrected chi connectivity index (χ4v) is 3.92. The van der Waals surface area contributed by atoms with Crippen molar-refractivity contribution in [2.24, 2.45) is 5.92 Å². The third kappa shape index (κ3) is 6.17. The first-order chi connectivity index (χ1) is 14.7. The topological polar surface area (TPSA) is 95.6 Å². The quantitative estimate of drug-likeness (QED) is 0.661. The molecule has 0 bridgehead atoms. The molecule has 174 valence electrons. The van der Waals surface area contributed by atoms with E-state index in [9.17, 15) is 18.0 Å². The molecule has 0 aliphatic carbocycles. The highest BCUT2D eigenvalue weighted by molar-refractivity contribution is 7.89. The Morgan fingerprint density at radius 2 is 1.44 bits per heavy atom. The number of amides is 2. The summed E-state index contributed by atoms with van der Waals surface area (Å²) >= 11 is 0. The maximum absolute atomic E-state index is 12.8. The van der Waals surface area contributed by atoms with Crippen LogP contribution in [0.5, 0.6) is 0 Å². The van der Waals surface area contributed by atoms with E-state index >= 15 is 0 Å². The average Bonchev–Trinajstić information content (AvgIpc) is 2.71. The standard InChI is InChI=1S/C24H33N3O4S/c1-16(2)21(26-22(28)17-8-10-18(11-9-17)24(3,4)5)23(29)25-19-12-14-20(15-13-19)32(30,31)27(6)7/h8-16,21H,1-7H3,(H,25,29)(H,26,28). The highest BCUT2D eigenvalue weighted by atomic mass is 32.2. The summed E-state index contributed by atoms with van der Waals surface area (Å²) in [7, 11) is -0.635. The fraction of sp³-hybridized carbons (Fsp3) is 0.417. The van der Waals surface area contributed by atoms with Gasteiger partial charge in [-0.15, -0.1) is 0 Å². The minimum atomic E-state index is -3.55. The lowest BCUT2D eigenvalue weighted by atomic mass is 9.86. The van der Waals surface area contributed by atoms with Crippen LogP contribution in [0.1, 0.15) is 50.5 Å². The molecular weight excluding hydrogens is 426 g/mol. The zero-order valence-electron chi connectivity index (χ0n) is 19.8. The van der Waals surface area contributed by atoms with Gasteiger partial charge in [-0.05, 0) is 53.3 Å². The smallest absolute Gasteiger partial charge is 0.251 e. The molecule has 2 aromatic carbocycles. The summed E-state index contributed by atoms with van der Waals surface area (Å²) < 4.78 is 25.5. The Kier molecular flexibility index (Phi) is 7.85. The zero-order chi connectivity index (χ0) is 24.3. The third-order valence-electron chi connectivity index (χ3n) is 5.15. The number of nitrogens with zero attached hydrogens (tertiary/aromatic N) is 1. The number of hydrogen-bond acceptors (Lipinski definition) is 4. The number of rotatable bonds is 7. The lowest BCUT2D eigenvalue weighted by molar-refractivity contribution is -0.118. The van der Waals surface area contributed by atoms with Crippen molar-refractivity contribution in [2.75, 3.05) is 19.4 Å². The van der Waals surface area contributed by atoms with Crippen LogP contribution in [0.3, 0.4) is 0 Å². The second-order valence-corrected chi connectivity index (χ2v) is 11.5. The minimum Gasteiger partial charge on any atom is -0.340 e. The van der Waals surface area contributed by atoms with E-state index in [1.54, 1.807) is 12.1 Å². The Balaban J connectivity index is 2.12. The van der Waals surface area contributed by atoms with Gasteiger partial charge in [-0.25, -0.2) is 12.7 Å². The van der Waals surface area contributed by atoms with Gasteiger partial charge in [-0.3, -0.25) is 9.59 Å². The Labute approximate surface area is 191 Å². The van der Waals surface area contributed by atoms with Crippen LogP contribution in [0.4, 0.5) is 5.69 Å². The molecule has 0 saturated carbocycles. The van der Waals surface area contributed by atoms with Crippen LogP contribution in [-0.2, 0) is 20.2 Å². The molecule has 1 atom stereocenters. The highest BCUT2D eigenvalue weighted by Crippen LogP contribution is 2.22. The molecule has 8 heteroatoms. The van der Waals surface area contributed by atoms with E-state index < -0.39 is 16.1 Å². The second kappa shape index (κ2) is 9.83. The van der Waals surface area contributed by atoms with Gasteiger partial charge in [-0.2, -0.15) is 0 Å². The zero-order valence-corrected chi connectivity index (χ0v) is 20.6. The first-order valence-corrected chi connectivity index (χ1v) is 11.9. The van der Waals surface area contributed by atoms with E-state index in [1.807, 2.05) is 26.0 Å². The summed E-state index contributed by atoms with van der Waals surface area (Å²) in [5, 5.41) is 5.56. The lowest BCUT2D eigenvalue weighted by Gasteiger charge is -2.22. The van der Waals surface area contributed by atoms with Crippen LogP contribution < -0.4 is 10.6 Å². The van der Waals surface area contributed by atoms with Gasteiger partial charge in [0.25, 0.3) is 5.91 Å². The van der Waals surface area contributed by atoms with Gasteiger partial charge in [0.05, 0.1) is 4.90 Å². The van der Waals surface area contributed by atoms with Gasteiger partial charge in [0, 0.05) is 25.3 Å². The van der Waals surface area contributed by atoms with Gasteiger partial charge < -0.3 is 10.6 Å². The van der Waals surface area contributed by atoms with Gasteiger partial charge in [0.1, 0.15) is 6.04 Å². The van der Waals surface area contributed by atoms with Crippen molar-refractivity contribution in [3.63, 3.8) is 0 Å². The summed E-state index contributed by atoms with van der Waals surface area (Å²) in [6, 6.07) is 12.5. The largest absolute Gasteiger partial charge is 0.340 e. The molecule has 0 radical (unpaired) electrons. The first-order valence-electron chi connectivity index (χ1n) is 10.5. The van der Waals surface area contributed by atoms with Crippen LogP contribution in [-0.4, -0.2) is 44.7 Å². The van der Waals surface area contributed by atoms with Crippen LogP contribution in [0.25, 0.3) is 0 Å². The molecule has 0 aliphatic rings. The van der Waals surface area contributed by atoms with Gasteiger partial charge in [0.15, 0.2) is 0 Å². The molecule has 2 N–H and O–H groups in total. The van der Waals surface area contributed by atoms with Crippen molar-refractivity contribution < 1.29 is 18.0 Å². The molecule has 0 aliphatic heterocycles. The summed E-state index contributed by atoms with van der Waals surface area (Å²) in [6.07, 6.45) is 0. The van der Waals surface area contributed by atoms with Crippen molar-refractivity contribution in [1.82, 2.24) is 9.62 Å².